The molecule has 4 heteroatoms. The molecule has 0 aliphatic rings. The molecule has 1 unspecified atom stereocenters. The predicted octanol–water partition coefficient (Wildman–Crippen LogP) is 2.08. The zero-order chi connectivity index (χ0) is 9.68. The van der Waals surface area contributed by atoms with E-state index in [1.165, 1.54) is 11.3 Å². The van der Waals surface area contributed by atoms with Gasteiger partial charge < -0.3 is 0 Å². The Morgan fingerprint density at radius 1 is 1.54 bits per heavy atom. The maximum atomic E-state index is 5.48. The molecule has 3 nitrogen and oxygen atoms in total. The second-order valence-corrected chi connectivity index (χ2v) is 4.51. The van der Waals surface area contributed by atoms with Crippen LogP contribution in [0.25, 0.3) is 0 Å². The van der Waals surface area contributed by atoms with Gasteiger partial charge in [0.2, 0.25) is 0 Å². The van der Waals surface area contributed by atoms with E-state index in [4.69, 9.17) is 5.84 Å². The highest BCUT2D eigenvalue weighted by Crippen LogP contribution is 2.22. The molecule has 0 fully saturated rings. The van der Waals surface area contributed by atoms with Gasteiger partial charge in [-0.15, -0.1) is 11.3 Å². The van der Waals surface area contributed by atoms with Crippen molar-refractivity contribution in [3.05, 3.63) is 16.6 Å². The number of hydrogen-bond acceptors (Lipinski definition) is 4. The number of rotatable bonds is 5. The summed E-state index contributed by atoms with van der Waals surface area (Å²) in [4.78, 5) is 5.27. The zero-order valence-electron chi connectivity index (χ0n) is 8.16. The first kappa shape index (κ1) is 10.6. The lowest BCUT2D eigenvalue weighted by Crippen LogP contribution is -2.27. The van der Waals surface area contributed by atoms with Crippen molar-refractivity contribution in [2.24, 2.45) is 11.8 Å². The molecule has 0 aliphatic heterocycles. The second-order valence-electron chi connectivity index (χ2n) is 3.59. The lowest BCUT2D eigenvalue weighted by molar-refractivity contribution is 0.452. The van der Waals surface area contributed by atoms with E-state index >= 15 is 0 Å². The maximum absolute atomic E-state index is 5.48. The topological polar surface area (TPSA) is 50.9 Å². The van der Waals surface area contributed by atoms with Crippen LogP contribution in [0, 0.1) is 5.92 Å². The van der Waals surface area contributed by atoms with Gasteiger partial charge in [0.15, 0.2) is 0 Å². The van der Waals surface area contributed by atoms with Crippen molar-refractivity contribution in [3.63, 3.8) is 0 Å². The summed E-state index contributed by atoms with van der Waals surface area (Å²) < 4.78 is 0. The van der Waals surface area contributed by atoms with Gasteiger partial charge in [0, 0.05) is 11.1 Å². The van der Waals surface area contributed by atoms with Crippen molar-refractivity contribution >= 4 is 11.3 Å². The van der Waals surface area contributed by atoms with Crippen molar-refractivity contribution in [2.75, 3.05) is 0 Å². The van der Waals surface area contributed by atoms with Crippen LogP contribution in [0.4, 0.5) is 0 Å². The molecule has 0 bridgehead atoms. The van der Waals surface area contributed by atoms with Crippen molar-refractivity contribution in [2.45, 2.75) is 32.7 Å². The van der Waals surface area contributed by atoms with E-state index in [1.807, 2.05) is 11.7 Å². The van der Waals surface area contributed by atoms with Crippen LogP contribution >= 0.6 is 11.3 Å². The lowest BCUT2D eigenvalue weighted by Gasteiger charge is -2.14. The predicted molar refractivity (Wildman–Crippen MR) is 56.3 cm³/mol. The Hall–Kier alpha value is -0.450. The van der Waals surface area contributed by atoms with Gasteiger partial charge in [-0.25, -0.2) is 0 Å². The highest BCUT2D eigenvalue weighted by Gasteiger charge is 2.11. The minimum atomic E-state index is 0.273. The third-order valence-corrected chi connectivity index (χ3v) is 2.92. The fraction of sp³-hybridized carbons (Fsp3) is 0.667. The largest absolute Gasteiger partial charge is 0.271 e. The standard InChI is InChI=1S/C9H17N3S/c1-7(2)3-4-8(12-10)9-5-11-6-13-9/h5-8,12H,3-4,10H2,1-2H3. The normalized spacial score (nSPS) is 13.5. The van der Waals surface area contributed by atoms with Crippen LogP contribution in [0.5, 0.6) is 0 Å². The van der Waals surface area contributed by atoms with E-state index in [2.05, 4.69) is 24.3 Å². The molecule has 0 spiro atoms. The summed E-state index contributed by atoms with van der Waals surface area (Å²) in [6, 6.07) is 0.273. The van der Waals surface area contributed by atoms with Crippen LogP contribution in [-0.2, 0) is 0 Å². The minimum Gasteiger partial charge on any atom is -0.271 e. The summed E-state index contributed by atoms with van der Waals surface area (Å²) >= 11 is 1.65. The lowest BCUT2D eigenvalue weighted by atomic mass is 10.0. The molecule has 1 atom stereocenters. The molecule has 0 aromatic carbocycles. The first-order chi connectivity index (χ1) is 6.24. The number of nitrogens with one attached hydrogen (secondary N) is 1. The Balaban J connectivity index is 2.44. The first-order valence-corrected chi connectivity index (χ1v) is 5.46. The highest BCUT2D eigenvalue weighted by atomic mass is 32.1. The van der Waals surface area contributed by atoms with Gasteiger partial charge in [0.25, 0.3) is 0 Å². The van der Waals surface area contributed by atoms with Gasteiger partial charge in [0.1, 0.15) is 0 Å². The van der Waals surface area contributed by atoms with Gasteiger partial charge in [-0.3, -0.25) is 16.3 Å². The van der Waals surface area contributed by atoms with Gasteiger partial charge in [-0.1, -0.05) is 13.8 Å². The maximum Gasteiger partial charge on any atom is 0.0794 e. The van der Waals surface area contributed by atoms with Gasteiger partial charge in [-0.05, 0) is 18.8 Å². The average molecular weight is 199 g/mol. The Morgan fingerprint density at radius 3 is 2.77 bits per heavy atom. The second kappa shape index (κ2) is 5.32. The Labute approximate surface area is 83.3 Å². The third-order valence-electron chi connectivity index (χ3n) is 2.03. The van der Waals surface area contributed by atoms with Crippen LogP contribution in [0.2, 0.25) is 0 Å². The molecule has 1 rings (SSSR count). The zero-order valence-corrected chi connectivity index (χ0v) is 8.97. The van der Waals surface area contributed by atoms with Crippen LogP contribution in [0.15, 0.2) is 11.7 Å². The smallest absolute Gasteiger partial charge is 0.0794 e. The first-order valence-electron chi connectivity index (χ1n) is 4.58. The Morgan fingerprint density at radius 2 is 2.31 bits per heavy atom. The molecule has 3 N–H and O–H groups in total. The fourth-order valence-electron chi connectivity index (χ4n) is 1.21. The van der Waals surface area contributed by atoms with Gasteiger partial charge in [0.05, 0.1) is 11.6 Å². The molecule has 0 aliphatic carbocycles. The number of hydrazine groups is 1. The van der Waals surface area contributed by atoms with Crippen molar-refractivity contribution in [3.8, 4) is 0 Å². The molecular formula is C9H17N3S. The summed E-state index contributed by atoms with van der Waals surface area (Å²) in [6.07, 6.45) is 4.15. The number of nitrogens with zero attached hydrogens (tertiary/aromatic N) is 1. The molecule has 0 amide bonds. The summed E-state index contributed by atoms with van der Waals surface area (Å²) in [5.41, 5.74) is 4.67. The Kier molecular flexibility index (Phi) is 4.35. The minimum absolute atomic E-state index is 0.273. The highest BCUT2D eigenvalue weighted by molar-refractivity contribution is 7.09. The number of aromatic nitrogens is 1. The summed E-state index contributed by atoms with van der Waals surface area (Å²) in [7, 11) is 0. The van der Waals surface area contributed by atoms with Gasteiger partial charge in [-0.2, -0.15) is 0 Å². The summed E-state index contributed by atoms with van der Waals surface area (Å²) in [5.74, 6) is 6.20. The van der Waals surface area contributed by atoms with Crippen molar-refractivity contribution in [1.82, 2.24) is 10.4 Å². The SMILES string of the molecule is CC(C)CCC(NN)c1cncs1. The fourth-order valence-corrected chi connectivity index (χ4v) is 1.92. The molecule has 0 saturated carbocycles. The quantitative estimate of drug-likeness (QED) is 0.564. The summed E-state index contributed by atoms with van der Waals surface area (Å²) in [6.45, 7) is 4.44. The van der Waals surface area contributed by atoms with E-state index in [0.29, 0.717) is 0 Å². The van der Waals surface area contributed by atoms with E-state index < -0.39 is 0 Å². The molecule has 1 heterocycles. The van der Waals surface area contributed by atoms with Crippen LogP contribution in [0.1, 0.15) is 37.6 Å². The van der Waals surface area contributed by atoms with Crippen molar-refractivity contribution in [1.29, 1.82) is 0 Å². The molecular weight excluding hydrogens is 182 g/mol. The number of nitrogens with two attached hydrogens (primary N) is 1. The van der Waals surface area contributed by atoms with E-state index in [0.717, 1.165) is 12.3 Å². The number of hydrogen-bond donors (Lipinski definition) is 2. The molecule has 0 radical (unpaired) electrons. The van der Waals surface area contributed by atoms with Crippen LogP contribution < -0.4 is 11.3 Å². The Bertz CT molecular complexity index is 221. The monoisotopic (exact) mass is 199 g/mol. The van der Waals surface area contributed by atoms with E-state index in [1.54, 1.807) is 11.3 Å². The van der Waals surface area contributed by atoms with Gasteiger partial charge >= 0.3 is 0 Å². The molecule has 74 valence electrons. The average Bonchev–Trinajstić information content (AvgIpc) is 2.58. The summed E-state index contributed by atoms with van der Waals surface area (Å²) in [5, 5.41) is 0. The van der Waals surface area contributed by atoms with E-state index in [9.17, 15) is 0 Å². The van der Waals surface area contributed by atoms with E-state index in [-0.39, 0.29) is 6.04 Å². The molecule has 1 aromatic rings. The number of thiazole rings is 1. The molecule has 0 saturated heterocycles. The van der Waals surface area contributed by atoms with Crippen LogP contribution in [0.3, 0.4) is 0 Å². The van der Waals surface area contributed by atoms with Crippen LogP contribution in [-0.4, -0.2) is 4.98 Å². The molecule has 1 aromatic heterocycles. The van der Waals surface area contributed by atoms with Crippen molar-refractivity contribution < 1.29 is 0 Å². The molecule has 13 heavy (non-hydrogen) atoms. The third kappa shape index (κ3) is 3.42.